The number of nitrogens with zero attached hydrogens (tertiary/aromatic N) is 1. The zero-order chi connectivity index (χ0) is 19.9. The van der Waals surface area contributed by atoms with Gasteiger partial charge in [-0.15, -0.1) is 0 Å². The molecule has 7 nitrogen and oxygen atoms in total. The topological polar surface area (TPSA) is 79.9 Å². The Morgan fingerprint density at radius 2 is 1.96 bits per heavy atom. The molecule has 0 aliphatic carbocycles. The summed E-state index contributed by atoms with van der Waals surface area (Å²) in [6, 6.07) is 5.57. The smallest absolute Gasteiger partial charge is 0.408 e. The summed E-state index contributed by atoms with van der Waals surface area (Å²) < 4.78 is 10.0. The third kappa shape index (κ3) is 6.50. The van der Waals surface area contributed by atoms with Gasteiger partial charge in [-0.05, 0) is 39.0 Å². The van der Waals surface area contributed by atoms with Crippen molar-refractivity contribution in [3.63, 3.8) is 0 Å². The lowest BCUT2D eigenvalue weighted by Crippen LogP contribution is -2.43. The van der Waals surface area contributed by atoms with Crippen LogP contribution in [0, 0.1) is 11.8 Å². The lowest BCUT2D eigenvalue weighted by Gasteiger charge is -2.29. The second-order valence-corrected chi connectivity index (χ2v) is 7.12. The van der Waals surface area contributed by atoms with Crippen LogP contribution < -0.4 is 15.5 Å². The Morgan fingerprint density at radius 3 is 2.59 bits per heavy atom. The minimum atomic E-state index is -0.560. The van der Waals surface area contributed by atoms with E-state index in [0.29, 0.717) is 11.1 Å². The number of hydrogen-bond acceptors (Lipinski definition) is 6. The third-order valence-corrected chi connectivity index (χ3v) is 3.83. The quantitative estimate of drug-likeness (QED) is 0.621. The maximum Gasteiger partial charge on any atom is 0.408 e. The predicted molar refractivity (Wildman–Crippen MR) is 104 cm³/mol. The van der Waals surface area contributed by atoms with Crippen molar-refractivity contribution in [1.29, 1.82) is 0 Å². The first-order chi connectivity index (χ1) is 12.8. The molecule has 0 aromatic heterocycles. The fourth-order valence-corrected chi connectivity index (χ4v) is 2.61. The summed E-state index contributed by atoms with van der Waals surface area (Å²) >= 11 is 0. The van der Waals surface area contributed by atoms with Crippen molar-refractivity contribution in [1.82, 2.24) is 10.6 Å². The van der Waals surface area contributed by atoms with Gasteiger partial charge in [-0.25, -0.2) is 9.59 Å². The Hall–Kier alpha value is -2.72. The zero-order valence-corrected chi connectivity index (χ0v) is 16.3. The van der Waals surface area contributed by atoms with Gasteiger partial charge in [0.25, 0.3) is 0 Å². The number of nitrogens with one attached hydrogen (secondary N) is 2. The number of alkyl carbamates (subject to hydrolysis) is 1. The maximum absolute atomic E-state index is 12.2. The molecule has 0 spiro atoms. The minimum absolute atomic E-state index is 0.120. The van der Waals surface area contributed by atoms with Crippen molar-refractivity contribution in [3.05, 3.63) is 29.3 Å². The van der Waals surface area contributed by atoms with Crippen molar-refractivity contribution in [3.8, 4) is 11.8 Å². The van der Waals surface area contributed by atoms with E-state index in [1.807, 2.05) is 18.2 Å². The van der Waals surface area contributed by atoms with Crippen LogP contribution >= 0.6 is 0 Å². The highest BCUT2D eigenvalue weighted by Crippen LogP contribution is 2.20. The molecule has 0 bridgehead atoms. The summed E-state index contributed by atoms with van der Waals surface area (Å²) in [7, 11) is 1.35. The van der Waals surface area contributed by atoms with Crippen LogP contribution in [0.4, 0.5) is 10.5 Å². The van der Waals surface area contributed by atoms with Crippen LogP contribution in [-0.2, 0) is 9.47 Å². The molecule has 1 saturated heterocycles. The molecule has 1 fully saturated rings. The first kappa shape index (κ1) is 20.6. The molecule has 1 aliphatic heterocycles. The summed E-state index contributed by atoms with van der Waals surface area (Å²) in [6.45, 7) is 9.07. The molecule has 1 aliphatic rings. The van der Waals surface area contributed by atoms with Crippen LogP contribution in [0.3, 0.4) is 0 Å². The third-order valence-electron chi connectivity index (χ3n) is 3.83. The Bertz CT molecular complexity index is 738. The van der Waals surface area contributed by atoms with Gasteiger partial charge in [-0.1, -0.05) is 11.8 Å². The summed E-state index contributed by atoms with van der Waals surface area (Å²) in [5.41, 5.74) is 1.38. The number of methoxy groups -OCH3 is 1. The summed E-state index contributed by atoms with van der Waals surface area (Å²) in [5, 5.41) is 5.87. The number of anilines is 1. The van der Waals surface area contributed by atoms with Gasteiger partial charge in [0.15, 0.2) is 0 Å². The standard InChI is InChI=1S/C20H27N3O4/c1-20(2,3)27-19(25)22-9-5-6-15-7-8-16(14-17(15)18(24)26-4)23-12-10-21-11-13-23/h7-8,14,21H,9-13H2,1-4H3,(H,22,25). The predicted octanol–water partition coefficient (Wildman–Crippen LogP) is 1.76. The summed E-state index contributed by atoms with van der Waals surface area (Å²) in [6.07, 6.45) is -0.529. The molecular formula is C20H27N3O4. The minimum Gasteiger partial charge on any atom is -0.465 e. The van der Waals surface area contributed by atoms with Crippen LogP contribution in [0.25, 0.3) is 0 Å². The first-order valence-corrected chi connectivity index (χ1v) is 8.94. The highest BCUT2D eigenvalue weighted by Gasteiger charge is 2.17. The lowest BCUT2D eigenvalue weighted by atomic mass is 10.1. The monoisotopic (exact) mass is 373 g/mol. The molecule has 0 atom stereocenters. The van der Waals surface area contributed by atoms with Gasteiger partial charge in [0.05, 0.1) is 19.2 Å². The summed E-state index contributed by atoms with van der Waals surface area (Å²) in [4.78, 5) is 26.0. The number of hydrogen-bond donors (Lipinski definition) is 2. The van der Waals surface area contributed by atoms with Crippen molar-refractivity contribution in [2.24, 2.45) is 0 Å². The molecule has 1 amide bonds. The van der Waals surface area contributed by atoms with E-state index in [1.165, 1.54) is 7.11 Å². The Kier molecular flexibility index (Phi) is 7.08. The SMILES string of the molecule is COC(=O)c1cc(N2CCNCC2)ccc1C#CCNC(=O)OC(C)(C)C. The number of rotatable bonds is 3. The number of carbonyl (C=O) groups excluding carboxylic acids is 2. The highest BCUT2D eigenvalue weighted by molar-refractivity contribution is 5.93. The Labute approximate surface area is 160 Å². The second kappa shape index (κ2) is 9.28. The van der Waals surface area contributed by atoms with E-state index in [1.54, 1.807) is 20.8 Å². The molecule has 1 aromatic rings. The van der Waals surface area contributed by atoms with Gasteiger partial charge in [0.2, 0.25) is 0 Å². The molecule has 1 aromatic carbocycles. The van der Waals surface area contributed by atoms with E-state index in [0.717, 1.165) is 31.9 Å². The normalized spacial score (nSPS) is 14.0. The first-order valence-electron chi connectivity index (χ1n) is 8.94. The largest absolute Gasteiger partial charge is 0.465 e. The van der Waals surface area contributed by atoms with Crippen LogP contribution in [0.5, 0.6) is 0 Å². The van der Waals surface area contributed by atoms with Gasteiger partial charge in [-0.3, -0.25) is 0 Å². The van der Waals surface area contributed by atoms with Gasteiger partial charge in [-0.2, -0.15) is 0 Å². The molecular weight excluding hydrogens is 346 g/mol. The van der Waals surface area contributed by atoms with Crippen molar-refractivity contribution < 1.29 is 19.1 Å². The molecule has 0 radical (unpaired) electrons. The molecule has 1 heterocycles. The highest BCUT2D eigenvalue weighted by atomic mass is 16.6. The average Bonchev–Trinajstić information content (AvgIpc) is 2.64. The van der Waals surface area contributed by atoms with Gasteiger partial charge in [0.1, 0.15) is 5.60 Å². The van der Waals surface area contributed by atoms with Crippen molar-refractivity contribution >= 4 is 17.7 Å². The molecule has 2 N–H and O–H groups in total. The number of carbonyl (C=O) groups is 2. The van der Waals surface area contributed by atoms with Gasteiger partial charge < -0.3 is 25.0 Å². The van der Waals surface area contributed by atoms with E-state index in [4.69, 9.17) is 9.47 Å². The van der Waals surface area contributed by atoms with Gasteiger partial charge >= 0.3 is 12.1 Å². The fraction of sp³-hybridized carbons (Fsp3) is 0.500. The number of esters is 1. The molecule has 146 valence electrons. The molecule has 27 heavy (non-hydrogen) atoms. The lowest BCUT2D eigenvalue weighted by molar-refractivity contribution is 0.0533. The van der Waals surface area contributed by atoms with Crippen LogP contribution in [-0.4, -0.2) is 57.5 Å². The molecule has 2 rings (SSSR count). The van der Waals surface area contributed by atoms with E-state index in [-0.39, 0.29) is 6.54 Å². The second-order valence-electron chi connectivity index (χ2n) is 7.12. The number of piperazine rings is 1. The number of amides is 1. The van der Waals surface area contributed by atoms with Gasteiger partial charge in [0, 0.05) is 37.4 Å². The van der Waals surface area contributed by atoms with Crippen LogP contribution in [0.1, 0.15) is 36.7 Å². The van der Waals surface area contributed by atoms with Crippen LogP contribution in [0.15, 0.2) is 18.2 Å². The van der Waals surface area contributed by atoms with Crippen LogP contribution in [0.2, 0.25) is 0 Å². The summed E-state index contributed by atoms with van der Waals surface area (Å²) in [5.74, 6) is 5.33. The van der Waals surface area contributed by atoms with Crippen molar-refractivity contribution in [2.75, 3.05) is 44.7 Å². The number of benzene rings is 1. The Morgan fingerprint density at radius 1 is 1.26 bits per heavy atom. The molecule has 0 unspecified atom stereocenters. The van der Waals surface area contributed by atoms with E-state index < -0.39 is 17.7 Å². The number of ether oxygens (including phenoxy) is 2. The average molecular weight is 373 g/mol. The van der Waals surface area contributed by atoms with E-state index in [2.05, 4.69) is 27.4 Å². The van der Waals surface area contributed by atoms with E-state index >= 15 is 0 Å². The molecule has 7 heteroatoms. The van der Waals surface area contributed by atoms with E-state index in [9.17, 15) is 9.59 Å². The maximum atomic E-state index is 12.2. The zero-order valence-electron chi connectivity index (χ0n) is 16.3. The fourth-order valence-electron chi connectivity index (χ4n) is 2.61. The molecule has 0 saturated carbocycles. The van der Waals surface area contributed by atoms with Crippen molar-refractivity contribution in [2.45, 2.75) is 26.4 Å². The Balaban J connectivity index is 2.09.